The van der Waals surface area contributed by atoms with Gasteiger partial charge in [0.15, 0.2) is 0 Å². The summed E-state index contributed by atoms with van der Waals surface area (Å²) >= 11 is 3.35. The maximum Gasteiger partial charge on any atom is 0.329 e. The minimum absolute atomic E-state index is 0.408. The first-order valence-corrected chi connectivity index (χ1v) is 8.36. The van der Waals surface area contributed by atoms with Gasteiger partial charge in [-0.1, -0.05) is 22.0 Å². The summed E-state index contributed by atoms with van der Waals surface area (Å²) in [6, 6.07) is 10.6. The van der Waals surface area contributed by atoms with E-state index in [0.717, 1.165) is 10.0 Å². The van der Waals surface area contributed by atoms with E-state index in [-0.39, 0.29) is 0 Å². The van der Waals surface area contributed by atoms with Gasteiger partial charge in [0.25, 0.3) is 0 Å². The Labute approximate surface area is 159 Å². The molecule has 0 fully saturated rings. The zero-order chi connectivity index (χ0) is 19.1. The number of hydrogen-bond acceptors (Lipinski definition) is 5. The molecule has 2 rings (SSSR count). The van der Waals surface area contributed by atoms with E-state index in [2.05, 4.69) is 31.8 Å². The number of hydrogen-bond donors (Lipinski definition) is 2. The maximum absolute atomic E-state index is 12.0. The molecule has 0 atom stereocenters. The topological polar surface area (TPSA) is 89.0 Å². The number of benzene rings is 2. The first-order chi connectivity index (χ1) is 12.4. The quantitative estimate of drug-likeness (QED) is 0.442. The number of rotatable bonds is 5. The fourth-order valence-electron chi connectivity index (χ4n) is 2.12. The Morgan fingerprint density at radius 3 is 2.42 bits per heavy atom. The first kappa shape index (κ1) is 19.5. The van der Waals surface area contributed by atoms with E-state index in [1.165, 1.54) is 20.4 Å². The molecule has 2 N–H and O–H groups in total. The normalized spacial score (nSPS) is 10.5. The molecule has 2 amide bonds. The van der Waals surface area contributed by atoms with E-state index in [0.29, 0.717) is 22.7 Å². The number of methoxy groups -OCH3 is 2. The zero-order valence-corrected chi connectivity index (χ0v) is 16.1. The van der Waals surface area contributed by atoms with E-state index >= 15 is 0 Å². The first-order valence-electron chi connectivity index (χ1n) is 7.57. The molecule has 136 valence electrons. The molecule has 7 nitrogen and oxygen atoms in total. The van der Waals surface area contributed by atoms with Crippen LogP contribution in [0.25, 0.3) is 0 Å². The van der Waals surface area contributed by atoms with E-state index < -0.39 is 11.8 Å². The fraction of sp³-hybridized carbons (Fsp3) is 0.167. The van der Waals surface area contributed by atoms with Crippen molar-refractivity contribution in [3.05, 3.63) is 52.0 Å². The SMILES string of the molecule is COc1ccc(Br)cc1/C=N\NC(=O)C(=O)Nc1cc(C)ccc1OC. The average Bonchev–Trinajstić information content (AvgIpc) is 2.62. The number of carbonyl (C=O) groups excluding carboxylic acids is 2. The molecule has 0 spiro atoms. The number of halogens is 1. The second-order valence-electron chi connectivity index (χ2n) is 5.24. The van der Waals surface area contributed by atoms with Crippen molar-refractivity contribution >= 4 is 39.6 Å². The molecule has 0 heterocycles. The van der Waals surface area contributed by atoms with Crippen LogP contribution in [-0.4, -0.2) is 32.2 Å². The van der Waals surface area contributed by atoms with Crippen molar-refractivity contribution in [2.75, 3.05) is 19.5 Å². The van der Waals surface area contributed by atoms with Crippen molar-refractivity contribution in [1.82, 2.24) is 5.43 Å². The highest BCUT2D eigenvalue weighted by Gasteiger charge is 2.15. The number of aryl methyl sites for hydroxylation is 1. The molecule has 2 aromatic carbocycles. The molecule has 26 heavy (non-hydrogen) atoms. The molecule has 0 aliphatic heterocycles. The van der Waals surface area contributed by atoms with Gasteiger partial charge >= 0.3 is 11.8 Å². The van der Waals surface area contributed by atoms with Gasteiger partial charge in [0.1, 0.15) is 11.5 Å². The molecule has 0 aliphatic rings. The van der Waals surface area contributed by atoms with Gasteiger partial charge in [-0.05, 0) is 42.8 Å². The monoisotopic (exact) mass is 419 g/mol. The van der Waals surface area contributed by atoms with Crippen LogP contribution in [0, 0.1) is 6.92 Å². The van der Waals surface area contributed by atoms with Crippen LogP contribution in [0.4, 0.5) is 5.69 Å². The Kier molecular flexibility index (Phi) is 6.74. The summed E-state index contributed by atoms with van der Waals surface area (Å²) in [5.41, 5.74) is 4.15. The predicted molar refractivity (Wildman–Crippen MR) is 103 cm³/mol. The number of nitrogens with zero attached hydrogens (tertiary/aromatic N) is 1. The molecular weight excluding hydrogens is 402 g/mol. The molecule has 0 saturated carbocycles. The Morgan fingerprint density at radius 1 is 1.04 bits per heavy atom. The lowest BCUT2D eigenvalue weighted by molar-refractivity contribution is -0.136. The van der Waals surface area contributed by atoms with Gasteiger partial charge in [-0.3, -0.25) is 9.59 Å². The Balaban J connectivity index is 2.03. The number of hydrazone groups is 1. The summed E-state index contributed by atoms with van der Waals surface area (Å²) in [5.74, 6) is -0.717. The van der Waals surface area contributed by atoms with Crippen molar-refractivity contribution in [2.24, 2.45) is 5.10 Å². The summed E-state index contributed by atoms with van der Waals surface area (Å²) in [6.07, 6.45) is 1.39. The van der Waals surface area contributed by atoms with Crippen LogP contribution in [0.2, 0.25) is 0 Å². The summed E-state index contributed by atoms with van der Waals surface area (Å²) in [7, 11) is 3.01. The van der Waals surface area contributed by atoms with E-state index in [1.54, 1.807) is 24.3 Å². The van der Waals surface area contributed by atoms with Crippen LogP contribution in [0.1, 0.15) is 11.1 Å². The minimum Gasteiger partial charge on any atom is -0.496 e. The van der Waals surface area contributed by atoms with Crippen LogP contribution in [0.15, 0.2) is 46.0 Å². The molecule has 0 aromatic heterocycles. The number of carbonyl (C=O) groups is 2. The summed E-state index contributed by atoms with van der Waals surface area (Å²) in [5, 5.41) is 6.30. The number of ether oxygens (including phenoxy) is 2. The Morgan fingerprint density at radius 2 is 1.73 bits per heavy atom. The highest BCUT2D eigenvalue weighted by Crippen LogP contribution is 2.25. The molecule has 0 saturated heterocycles. The highest BCUT2D eigenvalue weighted by atomic mass is 79.9. The minimum atomic E-state index is -0.904. The van der Waals surface area contributed by atoms with Gasteiger partial charge in [-0.25, -0.2) is 5.43 Å². The second kappa shape index (κ2) is 9.00. The number of amides is 2. The third kappa shape index (κ3) is 5.06. The smallest absolute Gasteiger partial charge is 0.329 e. The lowest BCUT2D eigenvalue weighted by Gasteiger charge is -2.10. The summed E-state index contributed by atoms with van der Waals surface area (Å²) in [6.45, 7) is 1.87. The average molecular weight is 420 g/mol. The zero-order valence-electron chi connectivity index (χ0n) is 14.5. The molecular formula is C18H18BrN3O4. The predicted octanol–water partition coefficient (Wildman–Crippen LogP) is 2.86. The summed E-state index contributed by atoms with van der Waals surface area (Å²) < 4.78 is 11.2. The van der Waals surface area contributed by atoms with Gasteiger partial charge in [0.05, 0.1) is 26.1 Å². The molecule has 0 aliphatic carbocycles. The molecule has 2 aromatic rings. The van der Waals surface area contributed by atoms with Gasteiger partial charge in [0.2, 0.25) is 0 Å². The molecule has 0 radical (unpaired) electrons. The van der Waals surface area contributed by atoms with Crippen LogP contribution in [0.3, 0.4) is 0 Å². The van der Waals surface area contributed by atoms with Gasteiger partial charge < -0.3 is 14.8 Å². The van der Waals surface area contributed by atoms with Crippen molar-refractivity contribution in [3.8, 4) is 11.5 Å². The van der Waals surface area contributed by atoms with Gasteiger partial charge in [-0.15, -0.1) is 0 Å². The second-order valence-corrected chi connectivity index (χ2v) is 6.16. The standard InChI is InChI=1S/C18H18BrN3O4/c1-11-4-6-16(26-3)14(8-11)21-17(23)18(24)22-20-10-12-9-13(19)5-7-15(12)25-2/h4-10H,1-3H3,(H,21,23)(H,22,24)/b20-10-. The third-order valence-electron chi connectivity index (χ3n) is 3.37. The molecule has 0 bridgehead atoms. The van der Waals surface area contributed by atoms with Crippen molar-refractivity contribution in [3.63, 3.8) is 0 Å². The van der Waals surface area contributed by atoms with Crippen LogP contribution in [-0.2, 0) is 9.59 Å². The van der Waals surface area contributed by atoms with Crippen molar-refractivity contribution < 1.29 is 19.1 Å². The lowest BCUT2D eigenvalue weighted by atomic mass is 10.2. The third-order valence-corrected chi connectivity index (χ3v) is 3.86. The lowest BCUT2D eigenvalue weighted by Crippen LogP contribution is -2.32. The van der Waals surface area contributed by atoms with E-state index in [4.69, 9.17) is 9.47 Å². The van der Waals surface area contributed by atoms with Crippen LogP contribution in [0.5, 0.6) is 11.5 Å². The van der Waals surface area contributed by atoms with Crippen molar-refractivity contribution in [2.45, 2.75) is 6.92 Å². The Hall–Kier alpha value is -2.87. The Bertz CT molecular complexity index is 852. The number of anilines is 1. The largest absolute Gasteiger partial charge is 0.496 e. The summed E-state index contributed by atoms with van der Waals surface area (Å²) in [4.78, 5) is 24.0. The maximum atomic E-state index is 12.0. The highest BCUT2D eigenvalue weighted by molar-refractivity contribution is 9.10. The fourth-order valence-corrected chi connectivity index (χ4v) is 2.49. The van der Waals surface area contributed by atoms with Gasteiger partial charge in [-0.2, -0.15) is 5.10 Å². The van der Waals surface area contributed by atoms with Crippen molar-refractivity contribution in [1.29, 1.82) is 0 Å². The molecule has 0 unspecified atom stereocenters. The van der Waals surface area contributed by atoms with Gasteiger partial charge in [0, 0.05) is 10.0 Å². The van der Waals surface area contributed by atoms with E-state index in [9.17, 15) is 9.59 Å². The number of nitrogens with one attached hydrogen (secondary N) is 2. The van der Waals surface area contributed by atoms with Crippen LogP contribution < -0.4 is 20.2 Å². The van der Waals surface area contributed by atoms with Crippen LogP contribution >= 0.6 is 15.9 Å². The van der Waals surface area contributed by atoms with E-state index in [1.807, 2.05) is 19.1 Å². The molecule has 8 heteroatoms.